The van der Waals surface area contributed by atoms with E-state index < -0.39 is 0 Å². The van der Waals surface area contributed by atoms with Crippen molar-refractivity contribution in [3.63, 3.8) is 0 Å². The molecular formula is C12H8N2OS. The fraction of sp³-hybridized carbons (Fsp3) is 0. The van der Waals surface area contributed by atoms with Gasteiger partial charge in [0.2, 0.25) is 5.76 Å². The second kappa shape index (κ2) is 3.90. The van der Waals surface area contributed by atoms with Crippen LogP contribution < -0.4 is 0 Å². The summed E-state index contributed by atoms with van der Waals surface area (Å²) in [5, 5.41) is 9.68. The molecule has 3 nitrogen and oxygen atoms in total. The fourth-order valence-corrected chi connectivity index (χ4v) is 2.25. The van der Waals surface area contributed by atoms with Crippen LogP contribution in [0.1, 0.15) is 0 Å². The minimum absolute atomic E-state index is 0.737. The molecule has 16 heavy (non-hydrogen) atoms. The molecule has 3 rings (SSSR count). The average molecular weight is 228 g/mol. The molecule has 0 atom stereocenters. The second-order valence-corrected chi connectivity index (χ2v) is 4.24. The zero-order chi connectivity index (χ0) is 10.8. The van der Waals surface area contributed by atoms with E-state index in [1.165, 1.54) is 0 Å². The Morgan fingerprint density at radius 1 is 1.00 bits per heavy atom. The van der Waals surface area contributed by atoms with Crippen molar-refractivity contribution in [1.82, 2.24) is 10.4 Å². The average Bonchev–Trinajstić information content (AvgIpc) is 3.01. The van der Waals surface area contributed by atoms with Crippen LogP contribution in [0, 0.1) is 0 Å². The maximum absolute atomic E-state index is 5.21. The molecule has 78 valence electrons. The Morgan fingerprint density at radius 3 is 2.62 bits per heavy atom. The molecular weight excluding hydrogens is 220 g/mol. The molecule has 0 spiro atoms. The summed E-state index contributed by atoms with van der Waals surface area (Å²) in [7, 11) is 0. The lowest BCUT2D eigenvalue weighted by molar-refractivity contribution is 0.404. The van der Waals surface area contributed by atoms with Crippen molar-refractivity contribution in [2.24, 2.45) is 0 Å². The van der Waals surface area contributed by atoms with Crippen molar-refractivity contribution in [3.05, 3.63) is 47.8 Å². The van der Waals surface area contributed by atoms with Gasteiger partial charge in [0.25, 0.3) is 0 Å². The van der Waals surface area contributed by atoms with Crippen molar-refractivity contribution in [2.45, 2.75) is 0 Å². The topological polar surface area (TPSA) is 38.9 Å². The first-order valence-corrected chi connectivity index (χ1v) is 5.75. The van der Waals surface area contributed by atoms with Gasteiger partial charge in [0.1, 0.15) is 5.69 Å². The van der Waals surface area contributed by atoms with Crippen LogP contribution in [0.25, 0.3) is 21.9 Å². The zero-order valence-corrected chi connectivity index (χ0v) is 9.15. The number of hydrogen-bond donors (Lipinski definition) is 0. The third-order valence-electron chi connectivity index (χ3n) is 2.28. The summed E-state index contributed by atoms with van der Waals surface area (Å²) in [6.07, 6.45) is 0. The Morgan fingerprint density at radius 2 is 1.88 bits per heavy atom. The Hall–Kier alpha value is -1.94. The molecule has 0 N–H and O–H groups in total. The minimum atomic E-state index is 0.737. The van der Waals surface area contributed by atoms with Crippen molar-refractivity contribution >= 4 is 11.3 Å². The highest BCUT2D eigenvalue weighted by Crippen LogP contribution is 2.32. The van der Waals surface area contributed by atoms with Gasteiger partial charge in [-0.1, -0.05) is 36.4 Å². The molecule has 0 saturated carbocycles. The van der Waals surface area contributed by atoms with Crippen molar-refractivity contribution in [2.75, 3.05) is 0 Å². The molecule has 2 aromatic heterocycles. The molecule has 0 fully saturated rings. The first kappa shape index (κ1) is 9.30. The number of hydrogen-bond acceptors (Lipinski definition) is 4. The Bertz CT molecular complexity index is 572. The van der Waals surface area contributed by atoms with E-state index in [0.717, 1.165) is 21.9 Å². The Kier molecular flexibility index (Phi) is 2.27. The summed E-state index contributed by atoms with van der Waals surface area (Å²) in [6, 6.07) is 13.9. The van der Waals surface area contributed by atoms with Crippen LogP contribution in [0.15, 0.2) is 52.4 Å². The first-order valence-electron chi connectivity index (χ1n) is 4.87. The molecule has 0 aliphatic rings. The van der Waals surface area contributed by atoms with Gasteiger partial charge in [-0.15, -0.1) is 16.4 Å². The third kappa shape index (κ3) is 1.53. The smallest absolute Gasteiger partial charge is 0.205 e. The Labute approximate surface area is 96.3 Å². The maximum Gasteiger partial charge on any atom is 0.205 e. The molecule has 0 amide bonds. The van der Waals surface area contributed by atoms with Crippen LogP contribution in [-0.4, -0.2) is 10.4 Å². The van der Waals surface area contributed by atoms with Crippen LogP contribution in [0.3, 0.4) is 0 Å². The van der Waals surface area contributed by atoms with Gasteiger partial charge in [-0.05, 0) is 11.4 Å². The van der Waals surface area contributed by atoms with E-state index >= 15 is 0 Å². The molecule has 0 aliphatic carbocycles. The van der Waals surface area contributed by atoms with Gasteiger partial charge in [-0.25, -0.2) is 0 Å². The molecule has 0 radical (unpaired) electrons. The predicted octanol–water partition coefficient (Wildman–Crippen LogP) is 3.47. The minimum Gasteiger partial charge on any atom is -0.335 e. The van der Waals surface area contributed by atoms with Crippen molar-refractivity contribution < 1.29 is 4.52 Å². The van der Waals surface area contributed by atoms with Crippen molar-refractivity contribution in [3.8, 4) is 21.9 Å². The fourth-order valence-electron chi connectivity index (χ4n) is 1.55. The van der Waals surface area contributed by atoms with Crippen LogP contribution >= 0.6 is 11.3 Å². The summed E-state index contributed by atoms with van der Waals surface area (Å²) < 4.78 is 5.21. The lowest BCUT2D eigenvalue weighted by atomic mass is 10.1. The molecule has 2 heterocycles. The number of benzene rings is 1. The molecule has 0 saturated heterocycles. The van der Waals surface area contributed by atoms with E-state index in [1.54, 1.807) is 11.3 Å². The van der Waals surface area contributed by atoms with Gasteiger partial charge in [0, 0.05) is 10.8 Å². The monoisotopic (exact) mass is 228 g/mol. The lowest BCUT2D eigenvalue weighted by Crippen LogP contribution is -1.79. The quantitative estimate of drug-likeness (QED) is 0.674. The van der Waals surface area contributed by atoms with Crippen LogP contribution in [0.5, 0.6) is 0 Å². The third-order valence-corrected chi connectivity index (χ3v) is 3.15. The second-order valence-electron chi connectivity index (χ2n) is 3.29. The van der Waals surface area contributed by atoms with Gasteiger partial charge < -0.3 is 4.52 Å². The summed E-state index contributed by atoms with van der Waals surface area (Å²) >= 11 is 1.62. The van der Waals surface area contributed by atoms with Gasteiger partial charge >= 0.3 is 0 Å². The number of nitrogens with zero attached hydrogens (tertiary/aromatic N) is 2. The molecule has 3 aromatic rings. The van der Waals surface area contributed by atoms with Crippen LogP contribution in [-0.2, 0) is 0 Å². The summed E-state index contributed by atoms with van der Waals surface area (Å²) in [5.74, 6) is 0.737. The van der Waals surface area contributed by atoms with E-state index in [1.807, 2.05) is 47.8 Å². The zero-order valence-electron chi connectivity index (χ0n) is 8.33. The van der Waals surface area contributed by atoms with Gasteiger partial charge in [-0.2, -0.15) is 0 Å². The number of thiophene rings is 1. The van der Waals surface area contributed by atoms with Crippen molar-refractivity contribution in [1.29, 1.82) is 0 Å². The molecule has 0 unspecified atom stereocenters. The summed E-state index contributed by atoms with van der Waals surface area (Å²) in [5.41, 5.74) is 1.82. The number of rotatable bonds is 2. The Balaban J connectivity index is 2.14. The summed E-state index contributed by atoms with van der Waals surface area (Å²) in [6.45, 7) is 0. The normalized spacial score (nSPS) is 10.5. The largest absolute Gasteiger partial charge is 0.335 e. The predicted molar refractivity (Wildman–Crippen MR) is 63.0 cm³/mol. The van der Waals surface area contributed by atoms with E-state index in [-0.39, 0.29) is 0 Å². The molecule has 0 aliphatic heterocycles. The van der Waals surface area contributed by atoms with Crippen LogP contribution in [0.4, 0.5) is 0 Å². The lowest BCUT2D eigenvalue weighted by Gasteiger charge is -1.96. The highest BCUT2D eigenvalue weighted by molar-refractivity contribution is 7.13. The SMILES string of the molecule is c1ccc(-c2nnoc2-c2cccs2)cc1. The highest BCUT2D eigenvalue weighted by atomic mass is 32.1. The van der Waals surface area contributed by atoms with Crippen LogP contribution in [0.2, 0.25) is 0 Å². The molecule has 0 bridgehead atoms. The molecule has 4 heteroatoms. The first-order chi connectivity index (χ1) is 7.95. The van der Waals surface area contributed by atoms with Gasteiger partial charge in [0.15, 0.2) is 0 Å². The highest BCUT2D eigenvalue weighted by Gasteiger charge is 2.14. The van der Waals surface area contributed by atoms with E-state index in [2.05, 4.69) is 10.4 Å². The maximum atomic E-state index is 5.21. The summed E-state index contributed by atoms with van der Waals surface area (Å²) in [4.78, 5) is 1.05. The van der Waals surface area contributed by atoms with E-state index in [9.17, 15) is 0 Å². The molecule has 1 aromatic carbocycles. The van der Waals surface area contributed by atoms with Gasteiger partial charge in [-0.3, -0.25) is 0 Å². The van der Waals surface area contributed by atoms with Gasteiger partial charge in [0.05, 0.1) is 4.88 Å². The van der Waals surface area contributed by atoms with E-state index in [0.29, 0.717) is 0 Å². The van der Waals surface area contributed by atoms with E-state index in [4.69, 9.17) is 4.52 Å². The standard InChI is InChI=1S/C12H8N2OS/c1-2-5-9(6-3-1)11-12(15-14-13-11)10-7-4-8-16-10/h1-8H. The number of aromatic nitrogens is 2.